The van der Waals surface area contributed by atoms with Crippen LogP contribution in [0, 0.1) is 13.8 Å². The molecule has 2 rings (SSSR count). The normalized spacial score (nSPS) is 10.9. The molecule has 0 radical (unpaired) electrons. The van der Waals surface area contributed by atoms with Gasteiger partial charge in [0.15, 0.2) is 0 Å². The Hall–Kier alpha value is -1.95. The highest BCUT2D eigenvalue weighted by Crippen LogP contribution is 2.17. The maximum atomic E-state index is 11.9. The molecule has 0 aliphatic carbocycles. The lowest BCUT2D eigenvalue weighted by atomic mass is 10.1. The number of aromatic amines is 1. The van der Waals surface area contributed by atoms with Gasteiger partial charge in [0, 0.05) is 37.5 Å². The van der Waals surface area contributed by atoms with Gasteiger partial charge in [-0.25, -0.2) is 4.98 Å². The van der Waals surface area contributed by atoms with E-state index in [0.29, 0.717) is 23.5 Å². The maximum absolute atomic E-state index is 11.9. The molecule has 0 aromatic carbocycles. The second-order valence-corrected chi connectivity index (χ2v) is 4.25. The van der Waals surface area contributed by atoms with Crippen molar-refractivity contribution in [3.8, 4) is 11.4 Å². The Labute approximate surface area is 104 Å². The first-order valence-electron chi connectivity index (χ1n) is 5.74. The van der Waals surface area contributed by atoms with Gasteiger partial charge in [-0.2, -0.15) is 5.10 Å². The quantitative estimate of drug-likeness (QED) is 0.819. The molecule has 0 saturated carbocycles. The van der Waals surface area contributed by atoms with Crippen LogP contribution in [0.5, 0.6) is 0 Å². The van der Waals surface area contributed by atoms with Crippen LogP contribution in [-0.4, -0.2) is 31.5 Å². The third kappa shape index (κ3) is 2.19. The number of hydrogen-bond donors (Lipinski definition) is 2. The number of aliphatic hydroxyl groups is 1. The van der Waals surface area contributed by atoms with Crippen molar-refractivity contribution in [2.45, 2.75) is 20.3 Å². The average Bonchev–Trinajstić information content (AvgIpc) is 2.63. The molecule has 0 atom stereocenters. The summed E-state index contributed by atoms with van der Waals surface area (Å²) in [5.74, 6) is 0.518. The second-order valence-electron chi connectivity index (χ2n) is 4.25. The summed E-state index contributed by atoms with van der Waals surface area (Å²) in [6, 6.07) is 0. The van der Waals surface area contributed by atoms with E-state index in [-0.39, 0.29) is 12.2 Å². The molecule has 6 nitrogen and oxygen atoms in total. The zero-order chi connectivity index (χ0) is 13.3. The summed E-state index contributed by atoms with van der Waals surface area (Å²) >= 11 is 0. The first-order valence-corrected chi connectivity index (χ1v) is 5.74. The van der Waals surface area contributed by atoms with E-state index in [9.17, 15) is 4.79 Å². The van der Waals surface area contributed by atoms with Gasteiger partial charge in [0.25, 0.3) is 5.56 Å². The van der Waals surface area contributed by atoms with Gasteiger partial charge >= 0.3 is 0 Å². The maximum Gasteiger partial charge on any atom is 0.254 e. The Bertz CT molecular complexity index is 627. The molecule has 0 aliphatic rings. The Morgan fingerprint density at radius 1 is 1.39 bits per heavy atom. The van der Waals surface area contributed by atoms with E-state index < -0.39 is 0 Å². The summed E-state index contributed by atoms with van der Waals surface area (Å²) in [5.41, 5.74) is 2.60. The fourth-order valence-electron chi connectivity index (χ4n) is 1.98. The predicted molar refractivity (Wildman–Crippen MR) is 67.3 cm³/mol. The molecule has 0 spiro atoms. The van der Waals surface area contributed by atoms with Crippen molar-refractivity contribution in [1.29, 1.82) is 0 Å². The van der Waals surface area contributed by atoms with E-state index >= 15 is 0 Å². The molecule has 2 aromatic heterocycles. The van der Waals surface area contributed by atoms with Crippen molar-refractivity contribution >= 4 is 0 Å². The van der Waals surface area contributed by atoms with E-state index in [4.69, 9.17) is 5.11 Å². The van der Waals surface area contributed by atoms with Crippen molar-refractivity contribution in [2.24, 2.45) is 7.05 Å². The molecule has 0 bridgehead atoms. The first kappa shape index (κ1) is 12.5. The number of nitrogens with one attached hydrogen (secondary N) is 1. The van der Waals surface area contributed by atoms with E-state index in [2.05, 4.69) is 15.1 Å². The minimum atomic E-state index is -0.199. The molecule has 0 unspecified atom stereocenters. The summed E-state index contributed by atoms with van der Waals surface area (Å²) in [6.07, 6.45) is 2.14. The third-order valence-electron chi connectivity index (χ3n) is 2.85. The second kappa shape index (κ2) is 4.73. The van der Waals surface area contributed by atoms with Gasteiger partial charge < -0.3 is 10.1 Å². The summed E-state index contributed by atoms with van der Waals surface area (Å²) in [4.78, 5) is 19.0. The molecular formula is C12H16N4O2. The Balaban J connectivity index is 2.55. The number of aryl methyl sites for hydroxylation is 3. The van der Waals surface area contributed by atoms with Gasteiger partial charge in [-0.05, 0) is 13.8 Å². The molecule has 6 heteroatoms. The third-order valence-corrected chi connectivity index (χ3v) is 2.85. The Morgan fingerprint density at radius 2 is 2.11 bits per heavy atom. The van der Waals surface area contributed by atoms with E-state index in [1.54, 1.807) is 11.6 Å². The molecule has 18 heavy (non-hydrogen) atoms. The van der Waals surface area contributed by atoms with Crippen molar-refractivity contribution in [2.75, 3.05) is 6.61 Å². The molecule has 2 heterocycles. The number of aromatic nitrogens is 4. The van der Waals surface area contributed by atoms with E-state index in [0.717, 1.165) is 11.3 Å². The van der Waals surface area contributed by atoms with Gasteiger partial charge in [-0.15, -0.1) is 0 Å². The van der Waals surface area contributed by atoms with Crippen LogP contribution < -0.4 is 5.56 Å². The van der Waals surface area contributed by atoms with Crippen LogP contribution in [0.2, 0.25) is 0 Å². The molecule has 0 saturated heterocycles. The predicted octanol–water partition coefficient (Wildman–Crippen LogP) is 0.322. The highest BCUT2D eigenvalue weighted by Gasteiger charge is 2.12. The van der Waals surface area contributed by atoms with Gasteiger partial charge in [-0.1, -0.05) is 0 Å². The monoisotopic (exact) mass is 248 g/mol. The van der Waals surface area contributed by atoms with E-state index in [1.807, 2.05) is 20.2 Å². The van der Waals surface area contributed by atoms with Crippen LogP contribution in [0.4, 0.5) is 0 Å². The zero-order valence-electron chi connectivity index (χ0n) is 10.7. The summed E-state index contributed by atoms with van der Waals surface area (Å²) < 4.78 is 1.68. The van der Waals surface area contributed by atoms with Crippen molar-refractivity contribution in [1.82, 2.24) is 19.7 Å². The van der Waals surface area contributed by atoms with Crippen LogP contribution >= 0.6 is 0 Å². The van der Waals surface area contributed by atoms with Gasteiger partial charge in [0.1, 0.15) is 5.82 Å². The minimum absolute atomic E-state index is 0.0587. The fourth-order valence-corrected chi connectivity index (χ4v) is 1.98. The van der Waals surface area contributed by atoms with Crippen molar-refractivity contribution < 1.29 is 5.11 Å². The minimum Gasteiger partial charge on any atom is -0.396 e. The molecule has 0 amide bonds. The highest BCUT2D eigenvalue weighted by atomic mass is 16.3. The van der Waals surface area contributed by atoms with Gasteiger partial charge in [0.2, 0.25) is 0 Å². The van der Waals surface area contributed by atoms with Gasteiger partial charge in [0.05, 0.1) is 11.3 Å². The standard InChI is InChI=1S/C12H16N4O2/c1-7-9(4-5-17)12(18)14-11(13-7)10-6-16(3)15-8(10)2/h6,17H,4-5H2,1-3H3,(H,13,14,18). The lowest BCUT2D eigenvalue weighted by molar-refractivity contribution is 0.298. The number of hydrogen-bond acceptors (Lipinski definition) is 4. The van der Waals surface area contributed by atoms with Crippen LogP contribution in [0.1, 0.15) is 17.0 Å². The first-order chi connectivity index (χ1) is 8.52. The summed E-state index contributed by atoms with van der Waals surface area (Å²) in [7, 11) is 1.82. The fraction of sp³-hybridized carbons (Fsp3) is 0.417. The smallest absolute Gasteiger partial charge is 0.254 e. The average molecular weight is 248 g/mol. The van der Waals surface area contributed by atoms with Crippen molar-refractivity contribution in [3.05, 3.63) is 33.5 Å². The van der Waals surface area contributed by atoms with Crippen LogP contribution in [-0.2, 0) is 13.5 Å². The lowest BCUT2D eigenvalue weighted by Crippen LogP contribution is -2.18. The van der Waals surface area contributed by atoms with Gasteiger partial charge in [-0.3, -0.25) is 9.48 Å². The molecule has 2 N–H and O–H groups in total. The molecule has 96 valence electrons. The summed E-state index contributed by atoms with van der Waals surface area (Å²) in [5, 5.41) is 13.1. The Morgan fingerprint density at radius 3 is 2.61 bits per heavy atom. The number of rotatable bonds is 3. The molecule has 0 aliphatic heterocycles. The zero-order valence-corrected chi connectivity index (χ0v) is 10.7. The van der Waals surface area contributed by atoms with Crippen molar-refractivity contribution in [3.63, 3.8) is 0 Å². The molecule has 0 fully saturated rings. The topological polar surface area (TPSA) is 83.8 Å². The molecular weight excluding hydrogens is 232 g/mol. The van der Waals surface area contributed by atoms with Crippen LogP contribution in [0.25, 0.3) is 11.4 Å². The van der Waals surface area contributed by atoms with E-state index in [1.165, 1.54) is 0 Å². The Kier molecular flexibility index (Phi) is 3.29. The summed E-state index contributed by atoms with van der Waals surface area (Å²) in [6.45, 7) is 3.58. The highest BCUT2D eigenvalue weighted by molar-refractivity contribution is 5.56. The number of nitrogens with zero attached hydrogens (tertiary/aromatic N) is 3. The molecule has 2 aromatic rings. The van der Waals surface area contributed by atoms with Crippen LogP contribution in [0.3, 0.4) is 0 Å². The lowest BCUT2D eigenvalue weighted by Gasteiger charge is -2.05. The largest absolute Gasteiger partial charge is 0.396 e. The number of aliphatic hydroxyl groups excluding tert-OH is 1. The SMILES string of the molecule is Cc1nn(C)cc1-c1nc(C)c(CCO)c(=O)[nH]1. The number of H-pyrrole nitrogens is 1. The van der Waals surface area contributed by atoms with Crippen LogP contribution in [0.15, 0.2) is 11.0 Å².